The van der Waals surface area contributed by atoms with Gasteiger partial charge < -0.3 is 14.8 Å². The number of nitrogens with zero attached hydrogens (tertiary/aromatic N) is 3. The zero-order chi connectivity index (χ0) is 13.5. The summed E-state index contributed by atoms with van der Waals surface area (Å²) in [5, 5.41) is 11.8. The topological polar surface area (TPSA) is 61.2 Å². The lowest BCUT2D eigenvalue weighted by molar-refractivity contribution is 0.189. The summed E-state index contributed by atoms with van der Waals surface area (Å²) in [5.74, 6) is 0.445. The van der Waals surface area contributed by atoms with Crippen LogP contribution in [0.5, 0.6) is 0 Å². The molecule has 1 N–H and O–H groups in total. The average Bonchev–Trinajstić information content (AvgIpc) is 3.04. The molecule has 1 fully saturated rings. The van der Waals surface area contributed by atoms with Gasteiger partial charge in [-0.3, -0.25) is 0 Å². The Morgan fingerprint density at radius 3 is 3.05 bits per heavy atom. The van der Waals surface area contributed by atoms with Crippen LogP contribution in [0.2, 0.25) is 0 Å². The summed E-state index contributed by atoms with van der Waals surface area (Å²) in [6.45, 7) is 4.12. The second-order valence-corrected chi connectivity index (χ2v) is 4.94. The Morgan fingerprint density at radius 2 is 2.37 bits per heavy atom. The molecule has 0 saturated carbocycles. The van der Waals surface area contributed by atoms with Crippen molar-refractivity contribution in [3.63, 3.8) is 0 Å². The van der Waals surface area contributed by atoms with Gasteiger partial charge in [-0.25, -0.2) is 4.68 Å². The molecule has 0 amide bonds. The van der Waals surface area contributed by atoms with Crippen molar-refractivity contribution in [3.8, 4) is 0 Å². The van der Waals surface area contributed by atoms with Crippen LogP contribution in [-0.4, -0.2) is 49.0 Å². The molecule has 1 atom stereocenters. The minimum Gasteiger partial charge on any atom is -0.385 e. The second kappa shape index (κ2) is 7.57. The zero-order valence-electron chi connectivity index (χ0n) is 11.9. The maximum Gasteiger partial charge on any atom is 0.100 e. The van der Waals surface area contributed by atoms with Crippen LogP contribution >= 0.6 is 0 Å². The lowest BCUT2D eigenvalue weighted by atomic mass is 10.0. The van der Waals surface area contributed by atoms with Crippen molar-refractivity contribution < 1.29 is 9.47 Å². The van der Waals surface area contributed by atoms with Gasteiger partial charge in [-0.15, -0.1) is 5.10 Å². The highest BCUT2D eigenvalue weighted by Crippen LogP contribution is 2.27. The Labute approximate surface area is 114 Å². The first-order chi connectivity index (χ1) is 9.36. The third kappa shape index (κ3) is 3.75. The third-order valence-corrected chi connectivity index (χ3v) is 3.48. The summed E-state index contributed by atoms with van der Waals surface area (Å²) in [6, 6.07) is 0. The SMILES string of the molecule is CNCc1nnn(CCCCOC)c1C1CCOC1. The largest absolute Gasteiger partial charge is 0.385 e. The molecule has 1 aromatic rings. The van der Waals surface area contributed by atoms with E-state index < -0.39 is 0 Å². The highest BCUT2D eigenvalue weighted by atomic mass is 16.5. The number of unbranched alkanes of at least 4 members (excludes halogenated alkanes) is 1. The van der Waals surface area contributed by atoms with Crippen molar-refractivity contribution in [1.29, 1.82) is 0 Å². The van der Waals surface area contributed by atoms with Crippen molar-refractivity contribution in [2.24, 2.45) is 0 Å². The van der Waals surface area contributed by atoms with E-state index in [1.165, 1.54) is 5.69 Å². The molecular formula is C13H24N4O2. The number of hydrogen-bond donors (Lipinski definition) is 1. The van der Waals surface area contributed by atoms with Gasteiger partial charge in [-0.2, -0.15) is 0 Å². The van der Waals surface area contributed by atoms with Gasteiger partial charge in [-0.05, 0) is 26.3 Å². The molecule has 0 bridgehead atoms. The summed E-state index contributed by atoms with van der Waals surface area (Å²) in [5.41, 5.74) is 2.31. The minimum atomic E-state index is 0.445. The Bertz CT molecular complexity index is 375. The molecule has 6 heteroatoms. The van der Waals surface area contributed by atoms with Crippen molar-refractivity contribution in [3.05, 3.63) is 11.4 Å². The number of rotatable bonds is 8. The molecule has 1 aromatic heterocycles. The molecule has 19 heavy (non-hydrogen) atoms. The Balaban J connectivity index is 2.03. The standard InChI is InChI=1S/C13H24N4O2/c1-14-9-12-13(11-5-8-19-10-11)17(16-15-12)6-3-4-7-18-2/h11,14H,3-10H2,1-2H3. The highest BCUT2D eigenvalue weighted by molar-refractivity contribution is 5.17. The Hall–Kier alpha value is -0.980. The Morgan fingerprint density at radius 1 is 1.47 bits per heavy atom. The van der Waals surface area contributed by atoms with E-state index in [1.807, 2.05) is 7.05 Å². The van der Waals surface area contributed by atoms with E-state index in [1.54, 1.807) is 7.11 Å². The number of aromatic nitrogens is 3. The normalized spacial score (nSPS) is 19.2. The number of ether oxygens (including phenoxy) is 2. The van der Waals surface area contributed by atoms with Gasteiger partial charge in [0.1, 0.15) is 5.69 Å². The maximum absolute atomic E-state index is 5.50. The van der Waals surface area contributed by atoms with Gasteiger partial charge >= 0.3 is 0 Å². The molecule has 108 valence electrons. The zero-order valence-corrected chi connectivity index (χ0v) is 11.9. The predicted molar refractivity (Wildman–Crippen MR) is 72.1 cm³/mol. The van der Waals surface area contributed by atoms with Crippen molar-refractivity contribution in [1.82, 2.24) is 20.3 Å². The van der Waals surface area contributed by atoms with Crippen LogP contribution in [0.4, 0.5) is 0 Å². The maximum atomic E-state index is 5.50. The molecular weight excluding hydrogens is 244 g/mol. The minimum absolute atomic E-state index is 0.445. The van der Waals surface area contributed by atoms with Gasteiger partial charge in [0.05, 0.1) is 12.3 Å². The lowest BCUT2D eigenvalue weighted by Gasteiger charge is -2.12. The van der Waals surface area contributed by atoms with Gasteiger partial charge in [-0.1, -0.05) is 5.21 Å². The second-order valence-electron chi connectivity index (χ2n) is 4.94. The third-order valence-electron chi connectivity index (χ3n) is 3.48. The number of hydrogen-bond acceptors (Lipinski definition) is 5. The smallest absolute Gasteiger partial charge is 0.100 e. The van der Waals surface area contributed by atoms with Gasteiger partial charge in [0.15, 0.2) is 0 Å². The van der Waals surface area contributed by atoms with E-state index in [9.17, 15) is 0 Å². The van der Waals surface area contributed by atoms with E-state index in [0.717, 1.165) is 57.9 Å². The highest BCUT2D eigenvalue weighted by Gasteiger charge is 2.25. The van der Waals surface area contributed by atoms with Gasteiger partial charge in [0, 0.05) is 39.3 Å². The molecule has 0 spiro atoms. The summed E-state index contributed by atoms with van der Waals surface area (Å²) in [4.78, 5) is 0. The molecule has 0 aliphatic carbocycles. The Kier molecular flexibility index (Phi) is 5.75. The number of methoxy groups -OCH3 is 1. The van der Waals surface area contributed by atoms with E-state index in [-0.39, 0.29) is 0 Å². The van der Waals surface area contributed by atoms with E-state index >= 15 is 0 Å². The molecule has 6 nitrogen and oxygen atoms in total. The van der Waals surface area contributed by atoms with Crippen molar-refractivity contribution in [2.75, 3.05) is 34.0 Å². The van der Waals surface area contributed by atoms with Crippen LogP contribution in [0, 0.1) is 0 Å². The van der Waals surface area contributed by atoms with E-state index in [4.69, 9.17) is 9.47 Å². The first-order valence-corrected chi connectivity index (χ1v) is 7.00. The van der Waals surface area contributed by atoms with Crippen LogP contribution in [0.25, 0.3) is 0 Å². The molecule has 2 heterocycles. The first kappa shape index (κ1) is 14.4. The van der Waals surface area contributed by atoms with E-state index in [0.29, 0.717) is 5.92 Å². The van der Waals surface area contributed by atoms with Crippen LogP contribution in [-0.2, 0) is 22.6 Å². The van der Waals surface area contributed by atoms with Crippen LogP contribution < -0.4 is 5.32 Å². The van der Waals surface area contributed by atoms with Crippen molar-refractivity contribution >= 4 is 0 Å². The molecule has 1 aliphatic heterocycles. The summed E-state index contributed by atoms with van der Waals surface area (Å²) >= 11 is 0. The van der Waals surface area contributed by atoms with Gasteiger partial charge in [0.25, 0.3) is 0 Å². The molecule has 2 rings (SSSR count). The van der Waals surface area contributed by atoms with Crippen molar-refractivity contribution in [2.45, 2.75) is 38.3 Å². The number of aryl methyl sites for hydroxylation is 1. The molecule has 0 radical (unpaired) electrons. The van der Waals surface area contributed by atoms with Gasteiger partial charge in [0.2, 0.25) is 0 Å². The summed E-state index contributed by atoms with van der Waals surface area (Å²) in [6.07, 6.45) is 3.19. The van der Waals surface area contributed by atoms with Crippen LogP contribution in [0.15, 0.2) is 0 Å². The fourth-order valence-corrected chi connectivity index (χ4v) is 2.52. The quantitative estimate of drug-likeness (QED) is 0.711. The molecule has 0 aromatic carbocycles. The van der Waals surface area contributed by atoms with E-state index in [2.05, 4.69) is 20.3 Å². The lowest BCUT2D eigenvalue weighted by Crippen LogP contribution is -2.14. The molecule has 1 aliphatic rings. The molecule has 1 saturated heterocycles. The summed E-state index contributed by atoms with van der Waals surface area (Å²) < 4.78 is 12.6. The summed E-state index contributed by atoms with van der Waals surface area (Å²) in [7, 11) is 3.67. The van der Waals surface area contributed by atoms with Crippen LogP contribution in [0.3, 0.4) is 0 Å². The average molecular weight is 268 g/mol. The predicted octanol–water partition coefficient (Wildman–Crippen LogP) is 0.928. The fourth-order valence-electron chi connectivity index (χ4n) is 2.52. The molecule has 1 unspecified atom stereocenters. The fraction of sp³-hybridized carbons (Fsp3) is 0.846. The number of nitrogens with one attached hydrogen (secondary N) is 1. The van der Waals surface area contributed by atoms with Crippen LogP contribution in [0.1, 0.15) is 36.6 Å². The first-order valence-electron chi connectivity index (χ1n) is 7.00. The monoisotopic (exact) mass is 268 g/mol.